The Morgan fingerprint density at radius 3 is 2.92 bits per heavy atom. The molecular formula is C10H11NO. The third-order valence-corrected chi connectivity index (χ3v) is 2.17. The molecule has 1 N–H and O–H groups in total. The number of oxime groups is 1. The number of rotatable bonds is 2. The van der Waals surface area contributed by atoms with Crippen LogP contribution < -0.4 is 0 Å². The van der Waals surface area contributed by atoms with Crippen molar-refractivity contribution in [2.24, 2.45) is 5.16 Å². The fourth-order valence-electron chi connectivity index (χ4n) is 1.38. The Morgan fingerprint density at radius 2 is 2.25 bits per heavy atom. The van der Waals surface area contributed by atoms with Gasteiger partial charge in [0.2, 0.25) is 0 Å². The van der Waals surface area contributed by atoms with Crippen LogP contribution in [0.2, 0.25) is 0 Å². The Hall–Kier alpha value is -1.31. The van der Waals surface area contributed by atoms with E-state index in [1.54, 1.807) is 0 Å². The molecule has 0 saturated heterocycles. The highest BCUT2D eigenvalue weighted by molar-refractivity contribution is 5.79. The fraction of sp³-hybridized carbons (Fsp3) is 0.300. The summed E-state index contributed by atoms with van der Waals surface area (Å²) in [6, 6.07) is 8.15. The lowest BCUT2D eigenvalue weighted by molar-refractivity contribution is 0.322. The van der Waals surface area contributed by atoms with Crippen LogP contribution in [0.4, 0.5) is 0 Å². The molecule has 2 rings (SSSR count). The first-order chi connectivity index (χ1) is 5.90. The van der Waals surface area contributed by atoms with Crippen LogP contribution in [0.1, 0.15) is 29.9 Å². The van der Waals surface area contributed by atoms with Crippen LogP contribution in [0.3, 0.4) is 0 Å². The molecular weight excluding hydrogens is 150 g/mol. The van der Waals surface area contributed by atoms with Crippen molar-refractivity contribution in [3.63, 3.8) is 0 Å². The second kappa shape index (κ2) is 2.97. The summed E-state index contributed by atoms with van der Waals surface area (Å²) in [7, 11) is 0. The standard InChI is InChI=1S/C10H11NO/c12-11-7-8-2-1-3-10(6-8)9-4-5-9/h1-3,6-7,9,12H,4-5H2. The van der Waals surface area contributed by atoms with Gasteiger partial charge in [0.05, 0.1) is 6.21 Å². The summed E-state index contributed by atoms with van der Waals surface area (Å²) in [4.78, 5) is 0. The number of hydrogen-bond donors (Lipinski definition) is 1. The molecule has 0 heterocycles. The van der Waals surface area contributed by atoms with E-state index in [0.29, 0.717) is 0 Å². The monoisotopic (exact) mass is 161 g/mol. The number of benzene rings is 1. The van der Waals surface area contributed by atoms with Gasteiger partial charge in [0.15, 0.2) is 0 Å². The molecule has 0 aliphatic heterocycles. The first-order valence-electron chi connectivity index (χ1n) is 4.17. The van der Waals surface area contributed by atoms with E-state index in [2.05, 4.69) is 17.3 Å². The minimum absolute atomic E-state index is 0.761. The highest BCUT2D eigenvalue weighted by Crippen LogP contribution is 2.39. The van der Waals surface area contributed by atoms with Crippen LogP contribution in [0, 0.1) is 0 Å². The quantitative estimate of drug-likeness (QED) is 0.403. The van der Waals surface area contributed by atoms with Crippen molar-refractivity contribution in [3.8, 4) is 0 Å². The third kappa shape index (κ3) is 1.47. The van der Waals surface area contributed by atoms with Crippen LogP contribution >= 0.6 is 0 Å². The maximum atomic E-state index is 8.33. The number of nitrogens with zero attached hydrogens (tertiary/aromatic N) is 1. The minimum atomic E-state index is 0.761. The lowest BCUT2D eigenvalue weighted by atomic mass is 10.1. The largest absolute Gasteiger partial charge is 0.411 e. The summed E-state index contributed by atoms with van der Waals surface area (Å²) in [5.41, 5.74) is 2.34. The topological polar surface area (TPSA) is 32.6 Å². The highest BCUT2D eigenvalue weighted by atomic mass is 16.4. The van der Waals surface area contributed by atoms with E-state index in [9.17, 15) is 0 Å². The first-order valence-corrected chi connectivity index (χ1v) is 4.17. The van der Waals surface area contributed by atoms with Crippen LogP contribution in [0.5, 0.6) is 0 Å². The van der Waals surface area contributed by atoms with Gasteiger partial charge < -0.3 is 5.21 Å². The molecule has 1 saturated carbocycles. The van der Waals surface area contributed by atoms with Gasteiger partial charge in [0, 0.05) is 0 Å². The van der Waals surface area contributed by atoms with Gasteiger partial charge in [-0.1, -0.05) is 23.4 Å². The summed E-state index contributed by atoms with van der Waals surface area (Å²) < 4.78 is 0. The zero-order valence-electron chi connectivity index (χ0n) is 6.77. The summed E-state index contributed by atoms with van der Waals surface area (Å²) >= 11 is 0. The Bertz CT molecular complexity index is 302. The maximum Gasteiger partial charge on any atom is 0.0733 e. The van der Waals surface area contributed by atoms with Crippen LogP contribution in [0.25, 0.3) is 0 Å². The van der Waals surface area contributed by atoms with Crippen LogP contribution in [-0.4, -0.2) is 11.4 Å². The van der Waals surface area contributed by atoms with Gasteiger partial charge in [0.25, 0.3) is 0 Å². The van der Waals surface area contributed by atoms with E-state index in [0.717, 1.165) is 11.5 Å². The summed E-state index contributed by atoms with van der Waals surface area (Å²) in [6.45, 7) is 0. The highest BCUT2D eigenvalue weighted by Gasteiger charge is 2.22. The molecule has 1 aliphatic rings. The van der Waals surface area contributed by atoms with Crippen molar-refractivity contribution in [3.05, 3.63) is 35.4 Å². The summed E-state index contributed by atoms with van der Waals surface area (Å²) in [6.07, 6.45) is 4.07. The maximum absolute atomic E-state index is 8.33. The smallest absolute Gasteiger partial charge is 0.0733 e. The first kappa shape index (κ1) is 7.35. The number of hydrogen-bond acceptors (Lipinski definition) is 2. The predicted octanol–water partition coefficient (Wildman–Crippen LogP) is 2.37. The molecule has 2 nitrogen and oxygen atoms in total. The second-order valence-electron chi connectivity index (χ2n) is 3.19. The predicted molar refractivity (Wildman–Crippen MR) is 47.8 cm³/mol. The Kier molecular flexibility index (Phi) is 1.82. The average Bonchev–Trinajstić information content (AvgIpc) is 2.88. The van der Waals surface area contributed by atoms with Crippen molar-refractivity contribution in [1.29, 1.82) is 0 Å². The van der Waals surface area contributed by atoms with Gasteiger partial charge >= 0.3 is 0 Å². The van der Waals surface area contributed by atoms with Crippen molar-refractivity contribution >= 4 is 6.21 Å². The molecule has 0 unspecified atom stereocenters. The van der Waals surface area contributed by atoms with Gasteiger partial charge in [-0.15, -0.1) is 0 Å². The fourth-order valence-corrected chi connectivity index (χ4v) is 1.38. The van der Waals surface area contributed by atoms with Gasteiger partial charge in [0.1, 0.15) is 0 Å². The van der Waals surface area contributed by atoms with E-state index in [4.69, 9.17) is 5.21 Å². The van der Waals surface area contributed by atoms with Crippen molar-refractivity contribution < 1.29 is 5.21 Å². The summed E-state index contributed by atoms with van der Waals surface area (Å²) in [5, 5.41) is 11.3. The molecule has 1 aliphatic carbocycles. The van der Waals surface area contributed by atoms with Crippen LogP contribution in [-0.2, 0) is 0 Å². The molecule has 0 amide bonds. The molecule has 0 spiro atoms. The SMILES string of the molecule is ON=Cc1cccc(C2CC2)c1. The molecule has 62 valence electrons. The Morgan fingerprint density at radius 1 is 1.42 bits per heavy atom. The van der Waals surface area contributed by atoms with Crippen molar-refractivity contribution in [2.45, 2.75) is 18.8 Å². The van der Waals surface area contributed by atoms with E-state index in [1.807, 2.05) is 12.1 Å². The molecule has 0 bridgehead atoms. The van der Waals surface area contributed by atoms with Gasteiger partial charge in [-0.05, 0) is 36.0 Å². The van der Waals surface area contributed by atoms with Crippen LogP contribution in [0.15, 0.2) is 29.4 Å². The van der Waals surface area contributed by atoms with E-state index < -0.39 is 0 Å². The molecule has 0 radical (unpaired) electrons. The Balaban J connectivity index is 2.26. The van der Waals surface area contributed by atoms with E-state index in [-0.39, 0.29) is 0 Å². The van der Waals surface area contributed by atoms with Crippen molar-refractivity contribution in [1.82, 2.24) is 0 Å². The normalized spacial score (nSPS) is 17.0. The zero-order valence-corrected chi connectivity index (χ0v) is 6.77. The van der Waals surface area contributed by atoms with Gasteiger partial charge in [-0.2, -0.15) is 0 Å². The molecule has 2 heteroatoms. The van der Waals surface area contributed by atoms with Gasteiger partial charge in [-0.25, -0.2) is 0 Å². The van der Waals surface area contributed by atoms with Gasteiger partial charge in [-0.3, -0.25) is 0 Å². The minimum Gasteiger partial charge on any atom is -0.411 e. The third-order valence-electron chi connectivity index (χ3n) is 2.17. The molecule has 1 fully saturated rings. The molecule has 0 aromatic heterocycles. The van der Waals surface area contributed by atoms with E-state index in [1.165, 1.54) is 24.6 Å². The lowest BCUT2D eigenvalue weighted by Crippen LogP contribution is -1.84. The average molecular weight is 161 g/mol. The molecule has 1 aromatic rings. The molecule has 12 heavy (non-hydrogen) atoms. The Labute approximate surface area is 71.5 Å². The van der Waals surface area contributed by atoms with Crippen molar-refractivity contribution in [2.75, 3.05) is 0 Å². The van der Waals surface area contributed by atoms with E-state index >= 15 is 0 Å². The molecule has 0 atom stereocenters. The molecule has 1 aromatic carbocycles. The second-order valence-corrected chi connectivity index (χ2v) is 3.19. The zero-order chi connectivity index (χ0) is 8.39. The summed E-state index contributed by atoms with van der Waals surface area (Å²) in [5.74, 6) is 0.761. The lowest BCUT2D eigenvalue weighted by Gasteiger charge is -1.97.